The van der Waals surface area contributed by atoms with Crippen LogP contribution in [0.2, 0.25) is 0 Å². The topological polar surface area (TPSA) is 20.2 Å². The molecule has 0 aliphatic rings. The Morgan fingerprint density at radius 1 is 0.765 bits per heavy atom. The first-order chi connectivity index (χ1) is 8.15. The van der Waals surface area contributed by atoms with Crippen LogP contribution in [0.15, 0.2) is 60.7 Å². The molecular formula is C14H12Cl2O. The van der Waals surface area contributed by atoms with Crippen LogP contribution in [0.1, 0.15) is 11.1 Å². The lowest BCUT2D eigenvalue weighted by Gasteiger charge is -2.30. The Hall–Kier alpha value is -1.02. The normalized spacial score (nSPS) is 11.8. The third-order valence-electron chi connectivity index (χ3n) is 2.74. The molecule has 0 bridgehead atoms. The highest BCUT2D eigenvalue weighted by Crippen LogP contribution is 2.37. The predicted molar refractivity (Wildman–Crippen MR) is 71.4 cm³/mol. The van der Waals surface area contributed by atoms with Gasteiger partial charge in [0.1, 0.15) is 10.4 Å². The van der Waals surface area contributed by atoms with Crippen LogP contribution in [0.3, 0.4) is 0 Å². The van der Waals surface area contributed by atoms with Gasteiger partial charge in [0, 0.05) is 0 Å². The van der Waals surface area contributed by atoms with E-state index in [1.807, 2.05) is 60.7 Å². The molecule has 0 radical (unpaired) electrons. The summed E-state index contributed by atoms with van der Waals surface area (Å²) in [5.74, 6) is 0. The minimum atomic E-state index is -1.38. The molecule has 0 aliphatic heterocycles. The molecule has 2 rings (SSSR count). The summed E-state index contributed by atoms with van der Waals surface area (Å²) in [6.45, 7) is 0. The third kappa shape index (κ3) is 2.32. The van der Waals surface area contributed by atoms with Gasteiger partial charge in [-0.25, -0.2) is 0 Å². The average Bonchev–Trinajstić information content (AvgIpc) is 2.39. The third-order valence-corrected chi connectivity index (χ3v) is 3.38. The fourth-order valence-corrected chi connectivity index (χ4v) is 2.31. The Labute approximate surface area is 111 Å². The highest BCUT2D eigenvalue weighted by atomic mass is 35.5. The van der Waals surface area contributed by atoms with Crippen LogP contribution in [0.4, 0.5) is 0 Å². The Kier molecular flexibility index (Phi) is 3.72. The molecule has 2 aromatic carbocycles. The molecule has 1 nitrogen and oxygen atoms in total. The van der Waals surface area contributed by atoms with E-state index in [0.29, 0.717) is 11.1 Å². The van der Waals surface area contributed by atoms with Gasteiger partial charge in [0.2, 0.25) is 0 Å². The van der Waals surface area contributed by atoms with E-state index in [1.54, 1.807) is 0 Å². The average molecular weight is 267 g/mol. The van der Waals surface area contributed by atoms with E-state index in [2.05, 4.69) is 0 Å². The number of rotatable bonds is 3. The number of alkyl halides is 2. The zero-order chi connectivity index (χ0) is 12.3. The molecule has 88 valence electrons. The van der Waals surface area contributed by atoms with E-state index in [0.717, 1.165) is 0 Å². The van der Waals surface area contributed by atoms with Gasteiger partial charge in [-0.15, -0.1) is 23.2 Å². The van der Waals surface area contributed by atoms with Crippen LogP contribution in [-0.4, -0.2) is 9.94 Å². The van der Waals surface area contributed by atoms with Gasteiger partial charge in [-0.3, -0.25) is 0 Å². The molecule has 0 amide bonds. The van der Waals surface area contributed by atoms with Gasteiger partial charge < -0.3 is 5.11 Å². The van der Waals surface area contributed by atoms with Crippen molar-refractivity contribution in [1.82, 2.24) is 0 Å². The Balaban J connectivity index is 2.55. The van der Waals surface area contributed by atoms with Crippen molar-refractivity contribution >= 4 is 23.2 Å². The van der Waals surface area contributed by atoms with Crippen molar-refractivity contribution in [2.24, 2.45) is 0 Å². The fourth-order valence-electron chi connectivity index (χ4n) is 1.80. The van der Waals surface area contributed by atoms with Gasteiger partial charge in [0.05, 0.1) is 0 Å². The van der Waals surface area contributed by atoms with Gasteiger partial charge in [0.25, 0.3) is 0 Å². The van der Waals surface area contributed by atoms with Gasteiger partial charge in [0.15, 0.2) is 0 Å². The van der Waals surface area contributed by atoms with E-state index < -0.39 is 10.4 Å². The number of hydrogen-bond donors (Lipinski definition) is 1. The molecule has 0 heterocycles. The number of hydrogen-bond acceptors (Lipinski definition) is 1. The minimum Gasteiger partial charge on any atom is -0.378 e. The molecule has 3 heteroatoms. The highest BCUT2D eigenvalue weighted by Gasteiger charge is 2.38. The maximum Gasteiger partial charge on any atom is 0.145 e. The van der Waals surface area contributed by atoms with Gasteiger partial charge in [-0.1, -0.05) is 60.7 Å². The first-order valence-electron chi connectivity index (χ1n) is 5.27. The molecule has 0 fully saturated rings. The van der Waals surface area contributed by atoms with Crippen molar-refractivity contribution in [2.75, 3.05) is 0 Å². The maximum absolute atomic E-state index is 10.8. The summed E-state index contributed by atoms with van der Waals surface area (Å²) in [4.78, 5) is -0.938. The van der Waals surface area contributed by atoms with Crippen molar-refractivity contribution in [3.8, 4) is 0 Å². The van der Waals surface area contributed by atoms with E-state index in [4.69, 9.17) is 23.2 Å². The standard InChI is InChI=1S/C14H12Cl2O/c15-13(16)14(17,11-7-3-1-4-8-11)12-9-5-2-6-10-12/h1-10,13,17H. The lowest BCUT2D eigenvalue weighted by atomic mass is 9.88. The van der Waals surface area contributed by atoms with Crippen LogP contribution in [0.25, 0.3) is 0 Å². The van der Waals surface area contributed by atoms with Crippen molar-refractivity contribution in [3.63, 3.8) is 0 Å². The first kappa shape index (κ1) is 12.4. The Morgan fingerprint density at radius 3 is 1.41 bits per heavy atom. The molecule has 0 unspecified atom stereocenters. The highest BCUT2D eigenvalue weighted by molar-refractivity contribution is 6.45. The summed E-state index contributed by atoms with van der Waals surface area (Å²) in [6.07, 6.45) is 0. The Morgan fingerprint density at radius 2 is 1.12 bits per heavy atom. The van der Waals surface area contributed by atoms with Gasteiger partial charge >= 0.3 is 0 Å². The molecular weight excluding hydrogens is 255 g/mol. The van der Waals surface area contributed by atoms with Crippen molar-refractivity contribution in [3.05, 3.63) is 71.8 Å². The molecule has 1 N–H and O–H groups in total. The van der Waals surface area contributed by atoms with E-state index >= 15 is 0 Å². The number of halogens is 2. The van der Waals surface area contributed by atoms with Crippen LogP contribution in [0, 0.1) is 0 Å². The summed E-state index contributed by atoms with van der Waals surface area (Å²) in [7, 11) is 0. The second-order valence-electron chi connectivity index (χ2n) is 3.80. The van der Waals surface area contributed by atoms with Crippen molar-refractivity contribution in [1.29, 1.82) is 0 Å². The summed E-state index contributed by atoms with van der Waals surface area (Å²) in [6, 6.07) is 18.4. The second kappa shape index (κ2) is 5.09. The van der Waals surface area contributed by atoms with Crippen LogP contribution < -0.4 is 0 Å². The van der Waals surface area contributed by atoms with Gasteiger partial charge in [-0.2, -0.15) is 0 Å². The monoisotopic (exact) mass is 266 g/mol. The summed E-state index contributed by atoms with van der Waals surface area (Å²) in [5.41, 5.74) is -0.0200. The zero-order valence-electron chi connectivity index (χ0n) is 9.05. The van der Waals surface area contributed by atoms with E-state index in [9.17, 15) is 5.11 Å². The zero-order valence-corrected chi connectivity index (χ0v) is 10.6. The quantitative estimate of drug-likeness (QED) is 0.840. The van der Waals surface area contributed by atoms with Crippen LogP contribution in [-0.2, 0) is 5.60 Å². The molecule has 0 saturated carbocycles. The first-order valence-corrected chi connectivity index (χ1v) is 6.14. The van der Waals surface area contributed by atoms with E-state index in [-0.39, 0.29) is 0 Å². The summed E-state index contributed by atoms with van der Waals surface area (Å²) >= 11 is 11.9. The second-order valence-corrected chi connectivity index (χ2v) is 4.90. The molecule has 0 aromatic heterocycles. The summed E-state index contributed by atoms with van der Waals surface area (Å²) in [5, 5.41) is 10.8. The molecule has 17 heavy (non-hydrogen) atoms. The fraction of sp³-hybridized carbons (Fsp3) is 0.143. The Bertz CT molecular complexity index is 429. The lowest BCUT2D eigenvalue weighted by molar-refractivity contribution is 0.0957. The molecule has 0 atom stereocenters. The maximum atomic E-state index is 10.8. The number of aliphatic hydroxyl groups is 1. The molecule has 0 saturated heterocycles. The van der Waals surface area contributed by atoms with Crippen molar-refractivity contribution in [2.45, 2.75) is 10.4 Å². The van der Waals surface area contributed by atoms with E-state index in [1.165, 1.54) is 0 Å². The van der Waals surface area contributed by atoms with Crippen molar-refractivity contribution < 1.29 is 5.11 Å². The molecule has 0 aliphatic carbocycles. The predicted octanol–water partition coefficient (Wildman–Crippen LogP) is 3.73. The smallest absolute Gasteiger partial charge is 0.145 e. The number of benzene rings is 2. The van der Waals surface area contributed by atoms with Crippen LogP contribution >= 0.6 is 23.2 Å². The van der Waals surface area contributed by atoms with Crippen LogP contribution in [0.5, 0.6) is 0 Å². The molecule has 0 spiro atoms. The SMILES string of the molecule is OC(c1ccccc1)(c1ccccc1)C(Cl)Cl. The lowest BCUT2D eigenvalue weighted by Crippen LogP contribution is -2.34. The largest absolute Gasteiger partial charge is 0.378 e. The summed E-state index contributed by atoms with van der Waals surface area (Å²) < 4.78 is 0. The minimum absolute atomic E-state index is 0.682. The van der Waals surface area contributed by atoms with Gasteiger partial charge in [-0.05, 0) is 11.1 Å². The molecule has 2 aromatic rings.